The number of hydrogen-bond donors (Lipinski definition) is 0. The third-order valence-electron chi connectivity index (χ3n) is 3.76. The lowest BCUT2D eigenvalue weighted by atomic mass is 9.97. The molecule has 0 amide bonds. The molecule has 0 N–H and O–H groups in total. The maximum atomic E-state index is 13.7. The Balaban J connectivity index is 1.82. The van der Waals surface area contributed by atoms with E-state index in [4.69, 9.17) is 10.00 Å². The van der Waals surface area contributed by atoms with Crippen LogP contribution in [0, 0.1) is 22.6 Å². The molecule has 0 aliphatic carbocycles. The first-order valence-corrected chi connectivity index (χ1v) is 8.91. The fraction of sp³-hybridized carbons (Fsp3) is 0.316. The van der Waals surface area contributed by atoms with Gasteiger partial charge in [-0.25, -0.2) is 9.07 Å². The second-order valence-electron chi connectivity index (χ2n) is 7.27. The molecule has 1 aromatic heterocycles. The van der Waals surface area contributed by atoms with Crippen LogP contribution in [0.4, 0.5) is 4.39 Å². The van der Waals surface area contributed by atoms with Crippen molar-refractivity contribution in [2.75, 3.05) is 0 Å². The molecule has 5 nitrogen and oxygen atoms in total. The van der Waals surface area contributed by atoms with E-state index in [-0.39, 0.29) is 17.6 Å². The van der Waals surface area contributed by atoms with Crippen LogP contribution in [0.5, 0.6) is 5.75 Å². The zero-order valence-corrected chi connectivity index (χ0v) is 16.3. The Morgan fingerprint density at radius 3 is 2.69 bits per heavy atom. The highest BCUT2D eigenvalue weighted by molar-refractivity contribution is 9.10. The molecule has 0 aliphatic heterocycles. The lowest BCUT2D eigenvalue weighted by Gasteiger charge is -2.18. The van der Waals surface area contributed by atoms with Crippen LogP contribution >= 0.6 is 15.9 Å². The summed E-state index contributed by atoms with van der Waals surface area (Å²) in [5.41, 5.74) is 2.39. The third-order valence-corrected chi connectivity index (χ3v) is 4.53. The van der Waals surface area contributed by atoms with E-state index in [1.54, 1.807) is 12.1 Å². The predicted molar refractivity (Wildman–Crippen MR) is 100 cm³/mol. The normalized spacial score (nSPS) is 11.5. The number of ether oxygens (including phenoxy) is 1. The molecule has 1 heterocycles. The molecule has 0 fully saturated rings. The Morgan fingerprint density at radius 1 is 1.27 bits per heavy atom. The van der Waals surface area contributed by atoms with Crippen molar-refractivity contribution < 1.29 is 9.13 Å². The van der Waals surface area contributed by atoms with Gasteiger partial charge in [0.2, 0.25) is 0 Å². The summed E-state index contributed by atoms with van der Waals surface area (Å²) in [5, 5.41) is 17.3. The van der Waals surface area contributed by atoms with E-state index < -0.39 is 5.82 Å². The Morgan fingerprint density at radius 2 is 2.04 bits per heavy atom. The quantitative estimate of drug-likeness (QED) is 0.610. The molecule has 0 saturated carbocycles. The highest BCUT2D eigenvalue weighted by Gasteiger charge is 2.17. The van der Waals surface area contributed by atoms with Crippen molar-refractivity contribution in [3.63, 3.8) is 0 Å². The van der Waals surface area contributed by atoms with Crippen molar-refractivity contribution in [2.45, 2.75) is 33.9 Å². The minimum absolute atomic E-state index is 0.0202. The topological polar surface area (TPSA) is 63.7 Å². The van der Waals surface area contributed by atoms with Crippen LogP contribution < -0.4 is 4.74 Å². The third kappa shape index (κ3) is 3.86. The number of halogens is 2. The van der Waals surface area contributed by atoms with Crippen LogP contribution in [-0.4, -0.2) is 15.0 Å². The molecule has 0 bridgehead atoms. The van der Waals surface area contributed by atoms with Gasteiger partial charge in [0.15, 0.2) is 0 Å². The Hall–Kier alpha value is -2.46. The largest absolute Gasteiger partial charge is 0.488 e. The fourth-order valence-corrected chi connectivity index (χ4v) is 3.09. The first kappa shape index (κ1) is 18.3. The van der Waals surface area contributed by atoms with Crippen molar-refractivity contribution in [3.05, 3.63) is 51.7 Å². The first-order valence-electron chi connectivity index (χ1n) is 8.11. The smallest absolute Gasteiger partial charge is 0.141 e. The zero-order chi connectivity index (χ0) is 18.9. The van der Waals surface area contributed by atoms with Gasteiger partial charge in [0.25, 0.3) is 0 Å². The molecule has 26 heavy (non-hydrogen) atoms. The molecule has 0 radical (unpaired) electrons. The Bertz CT molecular complexity index is 1000. The number of rotatable bonds is 4. The van der Waals surface area contributed by atoms with Crippen LogP contribution in [0.25, 0.3) is 11.0 Å². The molecule has 2 aromatic carbocycles. The van der Waals surface area contributed by atoms with Crippen molar-refractivity contribution in [3.8, 4) is 11.8 Å². The van der Waals surface area contributed by atoms with Gasteiger partial charge >= 0.3 is 0 Å². The van der Waals surface area contributed by atoms with Gasteiger partial charge in [0, 0.05) is 6.54 Å². The number of hydrogen-bond acceptors (Lipinski definition) is 4. The van der Waals surface area contributed by atoms with E-state index in [1.165, 1.54) is 12.1 Å². The average Bonchev–Trinajstić information content (AvgIpc) is 2.96. The number of aromatic nitrogens is 3. The molecule has 3 aromatic rings. The van der Waals surface area contributed by atoms with Crippen LogP contribution in [0.1, 0.15) is 31.9 Å². The van der Waals surface area contributed by atoms with E-state index in [0.29, 0.717) is 15.8 Å². The second-order valence-corrected chi connectivity index (χ2v) is 8.06. The molecule has 0 saturated heterocycles. The summed E-state index contributed by atoms with van der Waals surface area (Å²) < 4.78 is 22.1. The monoisotopic (exact) mass is 416 g/mol. The summed E-state index contributed by atoms with van der Waals surface area (Å²) in [6, 6.07) is 10.00. The van der Waals surface area contributed by atoms with Gasteiger partial charge in [0.05, 0.1) is 15.6 Å². The standard InChI is InChI=1S/C19H18BrFN4O/c1-19(2,3)11-25-15-6-7-16(17(20)18(15)23-24-25)26-10-12-4-5-13(9-22)14(21)8-12/h4-8H,10-11H2,1-3H3. The summed E-state index contributed by atoms with van der Waals surface area (Å²) in [6.45, 7) is 7.36. The van der Waals surface area contributed by atoms with Gasteiger partial charge in [-0.05, 0) is 51.2 Å². The number of nitrogens with zero attached hydrogens (tertiary/aromatic N) is 4. The van der Waals surface area contributed by atoms with Crippen molar-refractivity contribution in [1.82, 2.24) is 15.0 Å². The van der Waals surface area contributed by atoms with Gasteiger partial charge in [-0.3, -0.25) is 0 Å². The molecule has 0 spiro atoms. The molecule has 134 valence electrons. The first-order chi connectivity index (χ1) is 12.3. The SMILES string of the molecule is CC(C)(C)Cn1nnc2c(Br)c(OCc3ccc(C#N)c(F)c3)ccc21. The molecular formula is C19H18BrFN4O. The minimum Gasteiger partial charge on any atom is -0.488 e. The van der Waals surface area contributed by atoms with Crippen LogP contribution in [0.2, 0.25) is 0 Å². The van der Waals surface area contributed by atoms with Gasteiger partial charge in [0.1, 0.15) is 29.8 Å². The highest BCUT2D eigenvalue weighted by atomic mass is 79.9. The van der Waals surface area contributed by atoms with E-state index in [0.717, 1.165) is 17.6 Å². The molecule has 0 atom stereocenters. The summed E-state index contributed by atoms with van der Waals surface area (Å²) in [6.07, 6.45) is 0. The van der Waals surface area contributed by atoms with Gasteiger partial charge in [-0.15, -0.1) is 5.10 Å². The van der Waals surface area contributed by atoms with E-state index >= 15 is 0 Å². The van der Waals surface area contributed by atoms with Gasteiger partial charge in [-0.2, -0.15) is 5.26 Å². The number of nitriles is 1. The summed E-state index contributed by atoms with van der Waals surface area (Å²) in [5.74, 6) is 0.0540. The average molecular weight is 417 g/mol. The van der Waals surface area contributed by atoms with Gasteiger partial charge < -0.3 is 4.74 Å². The van der Waals surface area contributed by atoms with Crippen LogP contribution in [0.3, 0.4) is 0 Å². The van der Waals surface area contributed by atoms with Crippen LogP contribution in [0.15, 0.2) is 34.8 Å². The Kier molecular flexibility index (Phi) is 4.97. The summed E-state index contributed by atoms with van der Waals surface area (Å²) in [4.78, 5) is 0. The van der Waals surface area contributed by atoms with E-state index in [9.17, 15) is 4.39 Å². The molecular weight excluding hydrogens is 399 g/mol. The summed E-state index contributed by atoms with van der Waals surface area (Å²) in [7, 11) is 0. The van der Waals surface area contributed by atoms with Crippen LogP contribution in [-0.2, 0) is 13.2 Å². The lowest BCUT2D eigenvalue weighted by molar-refractivity contribution is 0.304. The van der Waals surface area contributed by atoms with Crippen molar-refractivity contribution >= 4 is 27.0 Å². The van der Waals surface area contributed by atoms with Gasteiger partial charge in [-0.1, -0.05) is 32.1 Å². The maximum Gasteiger partial charge on any atom is 0.141 e. The molecule has 0 aliphatic rings. The second kappa shape index (κ2) is 7.04. The highest BCUT2D eigenvalue weighted by Crippen LogP contribution is 2.33. The predicted octanol–water partition coefficient (Wildman–Crippen LogP) is 4.83. The van der Waals surface area contributed by atoms with Crippen molar-refractivity contribution in [1.29, 1.82) is 5.26 Å². The number of fused-ring (bicyclic) bond motifs is 1. The summed E-state index contributed by atoms with van der Waals surface area (Å²) >= 11 is 3.53. The van der Waals surface area contributed by atoms with E-state index in [1.807, 2.05) is 16.8 Å². The zero-order valence-electron chi connectivity index (χ0n) is 14.8. The van der Waals surface area contributed by atoms with E-state index in [2.05, 4.69) is 47.0 Å². The fourth-order valence-electron chi connectivity index (χ4n) is 2.56. The molecule has 0 unspecified atom stereocenters. The Labute approximate surface area is 159 Å². The lowest BCUT2D eigenvalue weighted by Crippen LogP contribution is -2.16. The molecule has 3 rings (SSSR count). The van der Waals surface area contributed by atoms with Crippen molar-refractivity contribution in [2.24, 2.45) is 5.41 Å². The maximum absolute atomic E-state index is 13.7. The molecule has 7 heteroatoms. The number of benzene rings is 2. The minimum atomic E-state index is -0.548.